The van der Waals surface area contributed by atoms with E-state index in [9.17, 15) is 5.11 Å². The Hall–Kier alpha value is -1.68. The van der Waals surface area contributed by atoms with Crippen molar-refractivity contribution in [3.63, 3.8) is 0 Å². The number of nitrogen functional groups attached to an aromatic ring is 1. The second-order valence-electron chi connectivity index (χ2n) is 7.40. The molecule has 2 aromatic heterocycles. The van der Waals surface area contributed by atoms with Crippen molar-refractivity contribution in [1.29, 1.82) is 0 Å². The fourth-order valence-electron chi connectivity index (χ4n) is 3.08. The van der Waals surface area contributed by atoms with E-state index < -0.39 is 5.60 Å². The molecule has 2 aliphatic rings. The maximum absolute atomic E-state index is 9.49. The first-order valence-corrected chi connectivity index (χ1v) is 11.0. The van der Waals surface area contributed by atoms with Crippen molar-refractivity contribution in [2.45, 2.75) is 68.7 Å². The number of thiazole rings is 1. The quantitative estimate of drug-likeness (QED) is 0.439. The summed E-state index contributed by atoms with van der Waals surface area (Å²) in [5.74, 6) is 0.725. The number of hydrogen-bond donors (Lipinski definition) is 4. The lowest BCUT2D eigenvalue weighted by Gasteiger charge is -2.12. The van der Waals surface area contributed by atoms with Crippen LogP contribution in [0.4, 0.5) is 5.69 Å². The summed E-state index contributed by atoms with van der Waals surface area (Å²) in [6, 6.07) is 0. The molecule has 2 heterocycles. The van der Waals surface area contributed by atoms with Crippen LogP contribution >= 0.6 is 23.3 Å². The van der Waals surface area contributed by atoms with E-state index in [0.29, 0.717) is 5.69 Å². The number of nitrogens with two attached hydrogens (primary N) is 3. The number of rotatable bonds is 3. The number of fused-ring (bicyclic) bond motifs is 1. The second-order valence-corrected chi connectivity index (χ2v) is 9.14. The van der Waals surface area contributed by atoms with Gasteiger partial charge in [-0.1, -0.05) is 0 Å². The molecule has 7 N–H and O–H groups in total. The Kier molecular flexibility index (Phi) is 7.82. The number of nitrogens with zero attached hydrogens (tertiary/aromatic N) is 2. The normalized spacial score (nSPS) is 15.0. The topological polar surface area (TPSA) is 141 Å². The molecular weight excluding hydrogens is 394 g/mol. The zero-order valence-electron chi connectivity index (χ0n) is 16.6. The number of primary amides is 1. The highest BCUT2D eigenvalue weighted by Gasteiger charge is 2.30. The highest BCUT2D eigenvalue weighted by molar-refractivity contribution is 7.98. The van der Waals surface area contributed by atoms with E-state index in [0.717, 1.165) is 40.7 Å². The third-order valence-corrected chi connectivity index (χ3v) is 6.24. The molecule has 0 radical (unpaired) electrons. The summed E-state index contributed by atoms with van der Waals surface area (Å²) in [4.78, 5) is 17.5. The Morgan fingerprint density at radius 2 is 1.96 bits per heavy atom. The van der Waals surface area contributed by atoms with Crippen molar-refractivity contribution < 1.29 is 9.90 Å². The number of hydrogen-bond acceptors (Lipinski definition) is 8. The first kappa shape index (κ1) is 22.6. The molecule has 2 aromatic rings. The van der Waals surface area contributed by atoms with Gasteiger partial charge in [-0.25, -0.2) is 4.98 Å². The van der Waals surface area contributed by atoms with Crippen LogP contribution in [-0.4, -0.2) is 21.5 Å². The van der Waals surface area contributed by atoms with Gasteiger partial charge in [0, 0.05) is 28.4 Å². The van der Waals surface area contributed by atoms with Gasteiger partial charge in [-0.15, -0.1) is 11.3 Å². The van der Waals surface area contributed by atoms with E-state index >= 15 is 0 Å². The van der Waals surface area contributed by atoms with Crippen LogP contribution in [0, 0.1) is 6.92 Å². The number of aryl methyl sites for hydroxylation is 1. The van der Waals surface area contributed by atoms with Crippen LogP contribution in [0.1, 0.15) is 67.2 Å². The first-order valence-electron chi connectivity index (χ1n) is 9.21. The summed E-state index contributed by atoms with van der Waals surface area (Å²) in [5.41, 5.74) is 16.4. The number of pyridine rings is 1. The highest BCUT2D eigenvalue weighted by Crippen LogP contribution is 2.43. The Balaban J connectivity index is 0.000000181. The number of aliphatic hydroxyl groups is 1. The molecule has 4 rings (SSSR count). The van der Waals surface area contributed by atoms with Crippen molar-refractivity contribution in [3.8, 4) is 0 Å². The van der Waals surface area contributed by atoms with Gasteiger partial charge < -0.3 is 16.6 Å². The molecule has 7 nitrogen and oxygen atoms in total. The third kappa shape index (κ3) is 5.66. The number of anilines is 1. The number of amides is 1. The van der Waals surface area contributed by atoms with Crippen LogP contribution in [0.25, 0.3) is 0 Å². The molecule has 0 aliphatic heterocycles. The molecule has 2 aliphatic carbocycles. The van der Waals surface area contributed by atoms with Crippen molar-refractivity contribution in [2.75, 3.05) is 5.73 Å². The van der Waals surface area contributed by atoms with E-state index in [2.05, 4.69) is 17.6 Å². The van der Waals surface area contributed by atoms with Crippen molar-refractivity contribution in [2.24, 2.45) is 10.9 Å². The minimum absolute atomic E-state index is 0.250. The molecule has 0 unspecified atom stereocenters. The van der Waals surface area contributed by atoms with Gasteiger partial charge in [0.15, 0.2) is 4.34 Å². The second kappa shape index (κ2) is 9.69. The molecule has 1 saturated carbocycles. The predicted molar refractivity (Wildman–Crippen MR) is 115 cm³/mol. The Morgan fingerprint density at radius 1 is 1.32 bits per heavy atom. The largest absolute Gasteiger partial charge is 0.398 e. The third-order valence-electron chi connectivity index (χ3n) is 4.73. The summed E-state index contributed by atoms with van der Waals surface area (Å²) in [6.07, 6.45) is 6.39. The minimum atomic E-state index is -0.857. The van der Waals surface area contributed by atoms with Crippen LogP contribution in [0.5, 0.6) is 0 Å². The van der Waals surface area contributed by atoms with Gasteiger partial charge in [0.1, 0.15) is 5.60 Å². The standard InChI is InChI=1S/C12H16N2.C6H10N2OS2.CH3NO/c1-7-11(13)9-3-2-4-10(9)14-12(7)8-5-6-8;1-6(2,9)4-3-10-5(8-4)11-7;2-1-3/h8H,2-6H2,1H3,(H2,13,14);3,9H,7H2,1-2H3;1H,(H2,2,3). The van der Waals surface area contributed by atoms with E-state index in [1.165, 1.54) is 53.1 Å². The van der Waals surface area contributed by atoms with Gasteiger partial charge in [-0.05, 0) is 76.0 Å². The lowest BCUT2D eigenvalue weighted by Crippen LogP contribution is -2.15. The summed E-state index contributed by atoms with van der Waals surface area (Å²) in [6.45, 7) is 5.54. The zero-order valence-corrected chi connectivity index (χ0v) is 18.2. The van der Waals surface area contributed by atoms with Crippen molar-refractivity contribution in [3.05, 3.63) is 33.6 Å². The Bertz CT molecular complexity index is 813. The highest BCUT2D eigenvalue weighted by atomic mass is 32.2. The van der Waals surface area contributed by atoms with E-state index in [4.69, 9.17) is 20.7 Å². The van der Waals surface area contributed by atoms with Gasteiger partial charge in [0.2, 0.25) is 6.41 Å². The van der Waals surface area contributed by atoms with E-state index in [-0.39, 0.29) is 6.41 Å². The summed E-state index contributed by atoms with van der Waals surface area (Å²) in [5, 5.41) is 16.6. The number of carbonyl (C=O) groups is 1. The summed E-state index contributed by atoms with van der Waals surface area (Å²) in [7, 11) is 0. The zero-order chi connectivity index (χ0) is 20.9. The van der Waals surface area contributed by atoms with Crippen molar-refractivity contribution in [1.82, 2.24) is 9.97 Å². The first-order chi connectivity index (χ1) is 13.2. The molecule has 0 saturated heterocycles. The van der Waals surface area contributed by atoms with Crippen LogP contribution in [0.2, 0.25) is 0 Å². The Morgan fingerprint density at radius 3 is 2.43 bits per heavy atom. The van der Waals surface area contributed by atoms with Crippen LogP contribution < -0.4 is 16.6 Å². The molecule has 1 amide bonds. The van der Waals surface area contributed by atoms with Gasteiger partial charge in [-0.2, -0.15) is 0 Å². The average Bonchev–Trinajstić information content (AvgIpc) is 3.17. The van der Waals surface area contributed by atoms with Gasteiger partial charge in [0.05, 0.1) is 5.69 Å². The summed E-state index contributed by atoms with van der Waals surface area (Å²) < 4.78 is 0.780. The molecular formula is C19H29N5O2S2. The van der Waals surface area contributed by atoms with Crippen LogP contribution in [0.15, 0.2) is 9.72 Å². The minimum Gasteiger partial charge on any atom is -0.398 e. The monoisotopic (exact) mass is 423 g/mol. The molecule has 154 valence electrons. The molecule has 0 spiro atoms. The maximum Gasteiger partial charge on any atom is 0.204 e. The van der Waals surface area contributed by atoms with Gasteiger partial charge in [0.25, 0.3) is 0 Å². The van der Waals surface area contributed by atoms with Gasteiger partial charge in [-0.3, -0.25) is 14.9 Å². The molecule has 28 heavy (non-hydrogen) atoms. The molecule has 0 bridgehead atoms. The number of carbonyl (C=O) groups excluding carboxylic acids is 1. The SMILES string of the molecule is CC(C)(O)c1csc(SN)n1.Cc1c(C2CC2)nc2c(c1N)CCC2.NC=O. The van der Waals surface area contributed by atoms with Crippen LogP contribution in [-0.2, 0) is 23.2 Å². The molecule has 9 heteroatoms. The Labute approximate surface area is 174 Å². The smallest absolute Gasteiger partial charge is 0.204 e. The van der Waals surface area contributed by atoms with E-state index in [1.807, 2.05) is 5.38 Å². The van der Waals surface area contributed by atoms with Gasteiger partial charge >= 0.3 is 0 Å². The lowest BCUT2D eigenvalue weighted by atomic mass is 10.0. The molecule has 1 fully saturated rings. The predicted octanol–water partition coefficient (Wildman–Crippen LogP) is 2.78. The van der Waals surface area contributed by atoms with Crippen LogP contribution in [0.3, 0.4) is 0 Å². The fourth-order valence-corrected chi connectivity index (χ4v) is 4.30. The van der Waals surface area contributed by atoms with E-state index in [1.54, 1.807) is 13.8 Å². The average molecular weight is 424 g/mol. The fraction of sp³-hybridized carbons (Fsp3) is 0.526. The number of aromatic nitrogens is 2. The summed E-state index contributed by atoms with van der Waals surface area (Å²) >= 11 is 2.55. The molecule has 0 aromatic carbocycles. The van der Waals surface area contributed by atoms with Crippen molar-refractivity contribution >= 4 is 35.4 Å². The lowest BCUT2D eigenvalue weighted by molar-refractivity contribution is -0.106. The maximum atomic E-state index is 9.49. The molecule has 0 atom stereocenters.